The lowest BCUT2D eigenvalue weighted by Gasteiger charge is -2.27. The smallest absolute Gasteiger partial charge is 0.243 e. The van der Waals surface area contributed by atoms with Crippen LogP contribution in [0.2, 0.25) is 0 Å². The molecule has 0 spiro atoms. The minimum absolute atomic E-state index is 0.0461. The molecule has 2 aliphatic rings. The third kappa shape index (κ3) is 10.1. The lowest BCUT2D eigenvalue weighted by Crippen LogP contribution is -2.52. The van der Waals surface area contributed by atoms with Gasteiger partial charge < -0.3 is 15.4 Å². The summed E-state index contributed by atoms with van der Waals surface area (Å²) in [7, 11) is 0. The Labute approximate surface area is 260 Å². The van der Waals surface area contributed by atoms with Crippen LogP contribution in [0.25, 0.3) is 10.2 Å². The van der Waals surface area contributed by atoms with Crippen LogP contribution in [0, 0.1) is 5.92 Å². The van der Waals surface area contributed by atoms with Crippen molar-refractivity contribution < 1.29 is 19.1 Å². The van der Waals surface area contributed by atoms with Gasteiger partial charge in [-0.25, -0.2) is 4.98 Å². The molecule has 1 aromatic heterocycles. The average molecular weight is 609 g/mol. The molecule has 1 aromatic carbocycles. The number of ketones is 1. The van der Waals surface area contributed by atoms with Crippen LogP contribution >= 0.6 is 11.3 Å². The summed E-state index contributed by atoms with van der Waals surface area (Å²) >= 11 is 1.59. The maximum absolute atomic E-state index is 13.7. The normalized spacial score (nSPS) is 17.7. The summed E-state index contributed by atoms with van der Waals surface area (Å²) in [6.45, 7) is 11.7. The molecule has 2 aromatic rings. The number of Topliss-reactive ketones (excluding diaryl/α,β-unsaturated/α-hetero) is 1. The van der Waals surface area contributed by atoms with E-state index < -0.39 is 6.04 Å². The molecule has 2 fully saturated rings. The van der Waals surface area contributed by atoms with Crippen LogP contribution in [-0.2, 0) is 32.0 Å². The summed E-state index contributed by atoms with van der Waals surface area (Å²) in [4.78, 5) is 46.0. The number of nitrogens with one attached hydrogen (secondary N) is 2. The second-order valence-electron chi connectivity index (χ2n) is 11.8. The lowest BCUT2D eigenvalue weighted by molar-refractivity contribution is -0.129. The molecule has 9 heteroatoms. The minimum atomic E-state index is -0.691. The monoisotopic (exact) mass is 608 g/mol. The molecule has 0 bridgehead atoms. The molecule has 0 radical (unpaired) electrons. The predicted octanol–water partition coefficient (Wildman–Crippen LogP) is 5.16. The summed E-state index contributed by atoms with van der Waals surface area (Å²) in [6, 6.07) is 5.54. The molecular formula is C34H48N4O4S. The number of nitrogens with zero attached hydrogens (tertiary/aromatic N) is 2. The van der Waals surface area contributed by atoms with E-state index in [1.165, 1.54) is 5.56 Å². The number of carbonyl (C=O) groups is 3. The maximum atomic E-state index is 13.7. The van der Waals surface area contributed by atoms with Crippen molar-refractivity contribution in [2.75, 3.05) is 32.8 Å². The number of aryl methyl sites for hydroxylation is 1. The number of carbonyl (C=O) groups excluding carboxylic acids is 3. The van der Waals surface area contributed by atoms with E-state index in [0.29, 0.717) is 63.4 Å². The van der Waals surface area contributed by atoms with Gasteiger partial charge in [0.25, 0.3) is 0 Å². The first kappa shape index (κ1) is 33.0. The number of ether oxygens (including phenoxy) is 1. The van der Waals surface area contributed by atoms with E-state index >= 15 is 0 Å². The van der Waals surface area contributed by atoms with E-state index in [0.717, 1.165) is 60.4 Å². The van der Waals surface area contributed by atoms with Gasteiger partial charge in [-0.3, -0.25) is 19.3 Å². The standard InChI is InChI=1S/C34H48N4O4S/c1-4-10-32(40)35-29(22-33-36-28-16-15-25(5-2)21-31(28)43-33)34(41)37-27(26-11-6-7-12-26)13-8-9-14-30(39)24(3)23-38-17-19-42-20-18-38/h8-9,15-16,21,26-27,29H,3-7,10-14,17-20,22-23H2,1-2H3,(H,35,40)(H,37,41)/b9-8+/t27?,29-/m0/s1. The topological polar surface area (TPSA) is 101 Å². The first-order valence-corrected chi connectivity index (χ1v) is 16.8. The van der Waals surface area contributed by atoms with Gasteiger partial charge in [-0.2, -0.15) is 0 Å². The molecule has 8 nitrogen and oxygen atoms in total. The molecule has 2 atom stereocenters. The summed E-state index contributed by atoms with van der Waals surface area (Å²) in [5.41, 5.74) is 2.80. The number of thiazole rings is 1. The van der Waals surface area contributed by atoms with Crippen molar-refractivity contribution >= 4 is 39.2 Å². The van der Waals surface area contributed by atoms with Gasteiger partial charge in [0.15, 0.2) is 5.78 Å². The van der Waals surface area contributed by atoms with Gasteiger partial charge in [0.1, 0.15) is 6.04 Å². The first-order valence-electron chi connectivity index (χ1n) is 16.0. The average Bonchev–Trinajstić information content (AvgIpc) is 3.68. The Morgan fingerprint density at radius 1 is 1.14 bits per heavy atom. The Bertz CT molecular complexity index is 1280. The van der Waals surface area contributed by atoms with Gasteiger partial charge in [-0.1, -0.05) is 51.5 Å². The van der Waals surface area contributed by atoms with Crippen molar-refractivity contribution in [1.82, 2.24) is 20.5 Å². The van der Waals surface area contributed by atoms with Crippen LogP contribution in [-0.4, -0.2) is 72.4 Å². The molecule has 1 saturated heterocycles. The van der Waals surface area contributed by atoms with Gasteiger partial charge in [0.2, 0.25) is 11.8 Å². The number of aromatic nitrogens is 1. The molecular weight excluding hydrogens is 560 g/mol. The number of hydrogen-bond acceptors (Lipinski definition) is 7. The largest absolute Gasteiger partial charge is 0.379 e. The van der Waals surface area contributed by atoms with Gasteiger partial charge in [-0.15, -0.1) is 11.3 Å². The van der Waals surface area contributed by atoms with Crippen molar-refractivity contribution in [3.63, 3.8) is 0 Å². The van der Waals surface area contributed by atoms with Crippen molar-refractivity contribution in [2.24, 2.45) is 5.92 Å². The van der Waals surface area contributed by atoms with E-state index in [9.17, 15) is 14.4 Å². The molecule has 1 aliphatic carbocycles. The lowest BCUT2D eigenvalue weighted by atomic mass is 9.94. The quantitative estimate of drug-likeness (QED) is 0.202. The molecule has 2 amide bonds. The van der Waals surface area contributed by atoms with Crippen LogP contribution in [0.5, 0.6) is 0 Å². The first-order chi connectivity index (χ1) is 20.9. The van der Waals surface area contributed by atoms with Gasteiger partial charge in [0.05, 0.1) is 28.4 Å². The van der Waals surface area contributed by atoms with Crippen molar-refractivity contribution in [2.45, 2.75) is 90.1 Å². The van der Waals surface area contributed by atoms with Crippen LogP contribution in [0.1, 0.15) is 75.8 Å². The van der Waals surface area contributed by atoms with Gasteiger partial charge >= 0.3 is 0 Å². The number of amides is 2. The van der Waals surface area contributed by atoms with E-state index in [1.54, 1.807) is 11.3 Å². The third-order valence-corrected chi connectivity index (χ3v) is 9.52. The molecule has 2 N–H and O–H groups in total. The fourth-order valence-corrected chi connectivity index (χ4v) is 6.99. The van der Waals surface area contributed by atoms with E-state index in [4.69, 9.17) is 9.72 Å². The van der Waals surface area contributed by atoms with Crippen LogP contribution in [0.15, 0.2) is 42.5 Å². The van der Waals surface area contributed by atoms with Crippen molar-refractivity contribution in [3.8, 4) is 0 Å². The zero-order valence-corrected chi connectivity index (χ0v) is 26.7. The number of morpholine rings is 1. The Morgan fingerprint density at radius 2 is 1.91 bits per heavy atom. The number of rotatable bonds is 16. The second-order valence-corrected chi connectivity index (χ2v) is 12.9. The summed E-state index contributed by atoms with van der Waals surface area (Å²) in [6.07, 6.45) is 11.7. The minimum Gasteiger partial charge on any atom is -0.379 e. The Kier molecular flexibility index (Phi) is 12.9. The van der Waals surface area contributed by atoms with E-state index in [2.05, 4.69) is 41.2 Å². The van der Waals surface area contributed by atoms with Crippen molar-refractivity contribution in [3.05, 3.63) is 53.1 Å². The highest BCUT2D eigenvalue weighted by molar-refractivity contribution is 7.18. The molecule has 1 aliphatic heterocycles. The molecule has 1 saturated carbocycles. The molecule has 4 rings (SSSR count). The Morgan fingerprint density at radius 3 is 2.63 bits per heavy atom. The van der Waals surface area contributed by atoms with E-state index in [1.807, 2.05) is 25.1 Å². The SMILES string of the molecule is C=C(CN1CCOCC1)C(=O)C/C=C/CC(NC(=O)[C@H](Cc1nc2ccc(CC)cc2s1)NC(=O)CCC)C1CCCC1. The summed E-state index contributed by atoms with van der Waals surface area (Å²) in [5.74, 6) is 0.135. The fraction of sp³-hybridized carbons (Fsp3) is 0.588. The van der Waals surface area contributed by atoms with Crippen LogP contribution in [0.3, 0.4) is 0 Å². The highest BCUT2D eigenvalue weighted by Gasteiger charge is 2.29. The molecule has 1 unspecified atom stereocenters. The third-order valence-electron chi connectivity index (χ3n) is 8.48. The van der Waals surface area contributed by atoms with Crippen LogP contribution in [0.4, 0.5) is 0 Å². The van der Waals surface area contributed by atoms with E-state index in [-0.39, 0.29) is 23.6 Å². The zero-order chi connectivity index (χ0) is 30.6. The molecule has 2 heterocycles. The van der Waals surface area contributed by atoms with Crippen LogP contribution < -0.4 is 10.6 Å². The highest BCUT2D eigenvalue weighted by Crippen LogP contribution is 2.30. The maximum Gasteiger partial charge on any atom is 0.243 e. The number of benzene rings is 1. The summed E-state index contributed by atoms with van der Waals surface area (Å²) in [5, 5.41) is 7.12. The second kappa shape index (κ2) is 16.8. The highest BCUT2D eigenvalue weighted by atomic mass is 32.1. The Balaban J connectivity index is 1.39. The number of allylic oxidation sites excluding steroid dienone is 1. The van der Waals surface area contributed by atoms with Gasteiger partial charge in [-0.05, 0) is 55.7 Å². The molecule has 43 heavy (non-hydrogen) atoms. The summed E-state index contributed by atoms with van der Waals surface area (Å²) < 4.78 is 6.49. The number of fused-ring (bicyclic) bond motifs is 1. The fourth-order valence-electron chi connectivity index (χ4n) is 5.91. The molecule has 234 valence electrons. The van der Waals surface area contributed by atoms with Crippen molar-refractivity contribution in [1.29, 1.82) is 0 Å². The predicted molar refractivity (Wildman–Crippen MR) is 173 cm³/mol. The Hall–Kier alpha value is -2.88. The zero-order valence-electron chi connectivity index (χ0n) is 25.9. The van der Waals surface area contributed by atoms with Gasteiger partial charge in [0, 0.05) is 50.5 Å². The number of hydrogen-bond donors (Lipinski definition) is 2.